The van der Waals surface area contributed by atoms with E-state index >= 15 is 0 Å². The number of carbonyl (C=O) groups excluding carboxylic acids is 3. The van der Waals surface area contributed by atoms with Gasteiger partial charge in [-0.1, -0.05) is 26.8 Å². The number of fused-ring (bicyclic) bond motifs is 1. The number of rotatable bonds is 16. The van der Waals surface area contributed by atoms with Crippen molar-refractivity contribution in [2.45, 2.75) is 204 Å². The Balaban J connectivity index is 1.06. The van der Waals surface area contributed by atoms with Gasteiger partial charge in [-0.2, -0.15) is 0 Å². The fourth-order valence-electron chi connectivity index (χ4n) is 12.8. The van der Waals surface area contributed by atoms with Gasteiger partial charge >= 0.3 is 24.1 Å². The Labute approximate surface area is 452 Å². The zero-order valence-corrected chi connectivity index (χ0v) is 47.4. The van der Waals surface area contributed by atoms with Crippen LogP contribution in [0.25, 0.3) is 10.9 Å². The Morgan fingerprint density at radius 3 is 2.36 bits per heavy atom. The lowest BCUT2D eigenvalue weighted by Crippen LogP contribution is -2.61. The highest BCUT2D eigenvalue weighted by atomic mass is 16.8. The molecule has 0 spiro atoms. The van der Waals surface area contributed by atoms with Crippen LogP contribution in [0.2, 0.25) is 0 Å². The number of aryl methyl sites for hydroxylation is 3. The van der Waals surface area contributed by atoms with Crippen LogP contribution in [0.3, 0.4) is 0 Å². The Morgan fingerprint density at radius 2 is 1.69 bits per heavy atom. The molecular weight excluding hydrogens is 1000 g/mol. The molecule has 6 heterocycles. The SMILES string of the molecule is CC[C@H]1OC(=O)[C@H](C)[C@@H](O[C@H]2C[C@@](C)(OC)[C@@H](OC(=O)CCNCCCc3cc4c5c(c3)c(=O)c(C(=O)O)cn5CC4)[C@H](C)O2)[C@H](C)[C@@H](O[C@@H]2O[C@H](C)C[C@H](N(C)C)[C@H]2O)[C@](C)(O)C[C@@H](C)CN(C)C[C@@H]2OC(=O)O[C@@]21C. The number of carboxylic acids is 1. The first kappa shape index (κ1) is 60.4. The number of carbonyl (C=O) groups is 4. The fourth-order valence-corrected chi connectivity index (χ4v) is 12.8. The second kappa shape index (κ2) is 24.6. The van der Waals surface area contributed by atoms with Gasteiger partial charge in [-0.3, -0.25) is 14.4 Å². The van der Waals surface area contributed by atoms with Crippen molar-refractivity contribution < 1.29 is 77.1 Å². The smallest absolute Gasteiger partial charge is 0.477 e. The summed E-state index contributed by atoms with van der Waals surface area (Å²) in [6.07, 6.45) is -5.35. The summed E-state index contributed by atoms with van der Waals surface area (Å²) in [6, 6.07) is 3.56. The quantitative estimate of drug-likeness (QED) is 0.103. The third kappa shape index (κ3) is 13.3. The summed E-state index contributed by atoms with van der Waals surface area (Å²) in [4.78, 5) is 69.8. The largest absolute Gasteiger partial charge is 0.509 e. The topological polar surface area (TPSA) is 253 Å². The normalized spacial score (nSPS) is 37.4. The molecule has 1 aromatic heterocycles. The molecule has 77 heavy (non-hydrogen) atoms. The summed E-state index contributed by atoms with van der Waals surface area (Å²) in [7, 11) is 7.16. The number of benzene rings is 1. The van der Waals surface area contributed by atoms with Gasteiger partial charge < -0.3 is 77.6 Å². The van der Waals surface area contributed by atoms with Gasteiger partial charge in [0.25, 0.3) is 0 Å². The minimum Gasteiger partial charge on any atom is -0.477 e. The number of cyclic esters (lactones) is 1. The van der Waals surface area contributed by atoms with Gasteiger partial charge in [-0.25, -0.2) is 9.59 Å². The number of hydrogen-bond acceptors (Lipinski definition) is 19. The molecule has 0 bridgehead atoms. The van der Waals surface area contributed by atoms with Crippen molar-refractivity contribution >= 4 is 35.0 Å². The number of nitrogens with zero attached hydrogens (tertiary/aromatic N) is 3. The van der Waals surface area contributed by atoms with Gasteiger partial charge in [-0.05, 0) is 131 Å². The third-order valence-corrected chi connectivity index (χ3v) is 16.8. The highest BCUT2D eigenvalue weighted by Crippen LogP contribution is 2.42. The van der Waals surface area contributed by atoms with E-state index in [1.165, 1.54) is 13.3 Å². The van der Waals surface area contributed by atoms with E-state index in [1.54, 1.807) is 40.7 Å². The third-order valence-electron chi connectivity index (χ3n) is 16.8. The average molecular weight is 1090 g/mol. The monoisotopic (exact) mass is 1090 g/mol. The summed E-state index contributed by atoms with van der Waals surface area (Å²) in [5.74, 6) is -4.43. The molecule has 0 unspecified atom stereocenters. The van der Waals surface area contributed by atoms with E-state index in [0.717, 1.165) is 23.1 Å². The minimum atomic E-state index is -1.61. The molecular formula is C56H86N4O17. The Morgan fingerprint density at radius 1 is 0.961 bits per heavy atom. The van der Waals surface area contributed by atoms with Crippen LogP contribution in [0.4, 0.5) is 4.79 Å². The predicted octanol–water partition coefficient (Wildman–Crippen LogP) is 4.43. The van der Waals surface area contributed by atoms with Gasteiger partial charge in [0.05, 0.1) is 47.9 Å². The molecule has 4 fully saturated rings. The van der Waals surface area contributed by atoms with Gasteiger partial charge in [0.2, 0.25) is 5.43 Å². The molecule has 0 amide bonds. The van der Waals surface area contributed by atoms with Crippen LogP contribution in [0.1, 0.15) is 122 Å². The van der Waals surface area contributed by atoms with E-state index < -0.39 is 113 Å². The summed E-state index contributed by atoms with van der Waals surface area (Å²) >= 11 is 0. The number of pyridine rings is 1. The van der Waals surface area contributed by atoms with Crippen LogP contribution in [0, 0.1) is 17.8 Å². The minimum absolute atomic E-state index is 0.0490. The van der Waals surface area contributed by atoms with E-state index in [0.29, 0.717) is 50.8 Å². The lowest BCUT2D eigenvalue weighted by molar-refractivity contribution is -0.318. The highest BCUT2D eigenvalue weighted by molar-refractivity contribution is 5.94. The predicted molar refractivity (Wildman–Crippen MR) is 281 cm³/mol. The number of aliphatic hydroxyl groups excluding tert-OH is 1. The first-order valence-corrected chi connectivity index (χ1v) is 27.5. The molecule has 0 radical (unpaired) electrons. The molecule has 4 saturated heterocycles. The Bertz CT molecular complexity index is 2490. The second-order valence-electron chi connectivity index (χ2n) is 23.5. The number of carboxylic acid groups (broad SMARTS) is 1. The molecule has 21 nitrogen and oxygen atoms in total. The molecule has 5 aliphatic heterocycles. The fraction of sp³-hybridized carbons (Fsp3) is 0.768. The maximum Gasteiger partial charge on any atom is 0.509 e. The van der Waals surface area contributed by atoms with E-state index in [4.69, 9.17) is 42.6 Å². The lowest BCUT2D eigenvalue weighted by atomic mass is 9.77. The van der Waals surface area contributed by atoms with Crippen LogP contribution in [-0.2, 0) is 71.6 Å². The second-order valence-corrected chi connectivity index (χ2v) is 23.5. The Kier molecular flexibility index (Phi) is 19.3. The molecule has 5 aliphatic rings. The number of esters is 2. The number of aliphatic hydroxyl groups is 2. The maximum absolute atomic E-state index is 14.7. The number of likely N-dealkylation sites (N-methyl/N-ethyl adjacent to an activating group) is 2. The number of aromatic nitrogens is 1. The number of ether oxygens (including phenoxy) is 9. The van der Waals surface area contributed by atoms with Crippen molar-refractivity contribution in [2.24, 2.45) is 17.8 Å². The molecule has 432 valence electrons. The van der Waals surface area contributed by atoms with Crippen LogP contribution in [0.5, 0.6) is 0 Å². The molecule has 21 heteroatoms. The van der Waals surface area contributed by atoms with E-state index in [1.807, 2.05) is 63.2 Å². The van der Waals surface area contributed by atoms with Crippen molar-refractivity contribution in [1.82, 2.24) is 19.7 Å². The van der Waals surface area contributed by atoms with Gasteiger partial charge in [-0.15, -0.1) is 0 Å². The molecule has 17 atom stereocenters. The standard InChI is InChI=1S/C56H86N4O17/c1-14-40-56(9)41(73-53(67)77-56)29-59(12)27-30(2)25-54(7,68)48(76-52-46(63)39(58(10)11)22-31(3)70-52)32(4)47(33(5)51(66)72-40)75-43-26-55(8,69-13)49(34(6)71-43)74-42(61)17-20-57-19-15-16-35-23-36-18-21-60-28-38(50(64)65)45(62)37(24-35)44(36)60/h23-24,28,30-34,39-41,43,46-49,52,57,63,68H,14-22,25-27,29H2,1-13H3,(H,64,65)/t30-,31-,32+,33-,34+,39+,40-,41+,43+,46-,47+,48-,49+,52+,54-,55-,56-/m1/s1. The summed E-state index contributed by atoms with van der Waals surface area (Å²) < 4.78 is 58.6. The van der Waals surface area contributed by atoms with Crippen molar-refractivity contribution in [1.29, 1.82) is 0 Å². The van der Waals surface area contributed by atoms with Crippen molar-refractivity contribution in [3.63, 3.8) is 0 Å². The lowest BCUT2D eigenvalue weighted by Gasteiger charge is -2.49. The molecule has 0 saturated carbocycles. The molecule has 0 aliphatic carbocycles. The maximum atomic E-state index is 14.7. The first-order valence-electron chi connectivity index (χ1n) is 27.5. The van der Waals surface area contributed by atoms with E-state index in [9.17, 15) is 39.3 Å². The summed E-state index contributed by atoms with van der Waals surface area (Å²) in [5.41, 5.74) is -2.04. The molecule has 2 aromatic rings. The molecule has 1 aromatic carbocycles. The first-order chi connectivity index (χ1) is 36.2. The number of hydrogen-bond donors (Lipinski definition) is 4. The van der Waals surface area contributed by atoms with Gasteiger partial charge in [0, 0.05) is 63.3 Å². The summed E-state index contributed by atoms with van der Waals surface area (Å²) in [5, 5.41) is 37.9. The van der Waals surface area contributed by atoms with Crippen molar-refractivity contribution in [2.75, 3.05) is 54.4 Å². The van der Waals surface area contributed by atoms with Gasteiger partial charge in [0.15, 0.2) is 30.4 Å². The van der Waals surface area contributed by atoms with Crippen LogP contribution in [-0.4, -0.2) is 192 Å². The highest BCUT2D eigenvalue weighted by Gasteiger charge is 2.57. The average Bonchev–Trinajstić information content (AvgIpc) is 3.97. The summed E-state index contributed by atoms with van der Waals surface area (Å²) in [6.45, 7) is 18.4. The van der Waals surface area contributed by atoms with Crippen LogP contribution >= 0.6 is 0 Å². The van der Waals surface area contributed by atoms with Gasteiger partial charge in [0.1, 0.15) is 23.4 Å². The molecule has 4 N–H and O–H groups in total. The number of aromatic carboxylic acids is 1. The zero-order valence-electron chi connectivity index (χ0n) is 47.4. The number of methoxy groups -OCH3 is 1. The van der Waals surface area contributed by atoms with Crippen LogP contribution < -0.4 is 10.7 Å². The molecule has 7 rings (SSSR count). The van der Waals surface area contributed by atoms with Crippen molar-refractivity contribution in [3.05, 3.63) is 45.2 Å². The van der Waals surface area contributed by atoms with Crippen molar-refractivity contribution in [3.8, 4) is 0 Å². The van der Waals surface area contributed by atoms with E-state index in [-0.39, 0.29) is 55.9 Å². The number of nitrogens with one attached hydrogen (secondary N) is 1. The van der Waals surface area contributed by atoms with Crippen LogP contribution in [0.15, 0.2) is 23.1 Å². The zero-order chi connectivity index (χ0) is 56.5. The van der Waals surface area contributed by atoms with E-state index in [2.05, 4.69) is 11.4 Å². The Hall–Kier alpha value is -4.29.